The number of aromatic nitrogens is 2. The second kappa shape index (κ2) is 8.17. The lowest BCUT2D eigenvalue weighted by molar-refractivity contribution is 0.0693. The normalized spacial score (nSPS) is 11.4. The van der Waals surface area contributed by atoms with E-state index in [0.29, 0.717) is 11.4 Å². The number of carbonyl (C=O) groups is 1. The number of benzene rings is 1. The van der Waals surface area contributed by atoms with Crippen LogP contribution < -0.4 is 16.0 Å². The summed E-state index contributed by atoms with van der Waals surface area (Å²) in [5.74, 6) is -0.958. The largest absolute Gasteiger partial charge is 0.478 e. The molecule has 1 aromatic heterocycles. The lowest BCUT2D eigenvalue weighted by Gasteiger charge is -2.26. The third-order valence-electron chi connectivity index (χ3n) is 3.65. The smallest absolute Gasteiger partial charge is 0.336 e. The molecular weight excluding hydrogens is 342 g/mol. The third kappa shape index (κ3) is 5.61. The Morgan fingerprint density at radius 2 is 2.00 bits per heavy atom. The Labute approximate surface area is 149 Å². The van der Waals surface area contributed by atoms with E-state index >= 15 is 0 Å². The van der Waals surface area contributed by atoms with Gasteiger partial charge in [-0.25, -0.2) is 9.59 Å². The highest BCUT2D eigenvalue weighted by Gasteiger charge is 2.19. The average molecular weight is 363 g/mol. The van der Waals surface area contributed by atoms with Crippen molar-refractivity contribution in [3.05, 3.63) is 62.9 Å². The fraction of sp³-hybridized carbons (Fsp3) is 0.353. The maximum atomic E-state index is 11.6. The van der Waals surface area contributed by atoms with Gasteiger partial charge in [0.2, 0.25) is 0 Å². The monoisotopic (exact) mass is 363 g/mol. The predicted molar refractivity (Wildman–Crippen MR) is 97.0 cm³/mol. The summed E-state index contributed by atoms with van der Waals surface area (Å²) in [5.41, 5.74) is -0.822. The Balaban J connectivity index is 1.90. The number of H-pyrrole nitrogens is 1. The van der Waals surface area contributed by atoms with Crippen LogP contribution in [0.5, 0.6) is 0 Å². The molecule has 0 aliphatic heterocycles. The zero-order chi connectivity index (χ0) is 18.4. The minimum absolute atomic E-state index is 0.260. The third-order valence-corrected chi connectivity index (χ3v) is 4.88. The molecule has 0 atom stereocenters. The van der Waals surface area contributed by atoms with E-state index in [2.05, 4.69) is 9.71 Å². The number of rotatable bonds is 8. The minimum atomic E-state index is -0.958. The van der Waals surface area contributed by atoms with Crippen molar-refractivity contribution in [1.29, 1.82) is 0 Å². The first kappa shape index (κ1) is 19.0. The first-order chi connectivity index (χ1) is 11.8. The van der Waals surface area contributed by atoms with Gasteiger partial charge in [0, 0.05) is 29.2 Å². The van der Waals surface area contributed by atoms with Crippen LogP contribution in [-0.4, -0.2) is 26.2 Å². The Hall–Kier alpha value is -2.32. The van der Waals surface area contributed by atoms with Crippen LogP contribution in [0.1, 0.15) is 37.0 Å². The highest BCUT2D eigenvalue weighted by Crippen LogP contribution is 2.24. The van der Waals surface area contributed by atoms with Crippen LogP contribution in [-0.2, 0) is 6.54 Å². The number of hydrogen-bond donors (Lipinski definition) is 3. The number of carboxylic acid groups (broad SMARTS) is 1. The van der Waals surface area contributed by atoms with Crippen molar-refractivity contribution in [2.75, 3.05) is 0 Å². The summed E-state index contributed by atoms with van der Waals surface area (Å²) >= 11 is 1.29. The molecule has 0 amide bonds. The Morgan fingerprint density at radius 3 is 2.68 bits per heavy atom. The number of aromatic carboxylic acids is 1. The Morgan fingerprint density at radius 1 is 1.28 bits per heavy atom. The lowest BCUT2D eigenvalue weighted by atomic mass is 10.0. The van der Waals surface area contributed by atoms with Crippen molar-refractivity contribution < 1.29 is 9.90 Å². The maximum absolute atomic E-state index is 11.6. The van der Waals surface area contributed by atoms with Crippen molar-refractivity contribution >= 4 is 17.9 Å². The molecule has 0 aliphatic rings. The van der Waals surface area contributed by atoms with Gasteiger partial charge in [0.05, 0.1) is 5.56 Å². The number of hydrogen-bond acceptors (Lipinski definition) is 5. The van der Waals surface area contributed by atoms with Crippen LogP contribution in [0.2, 0.25) is 0 Å². The van der Waals surface area contributed by atoms with Gasteiger partial charge in [-0.2, -0.15) is 0 Å². The molecule has 0 saturated heterocycles. The standard InChI is InChI=1S/C17H21N3O4S/c1-17(2,9-5-10-20-11-8-14(21)18-16(20)24)19-25-13-7-4-3-6-12(13)15(22)23/h3-4,6-8,11,19H,5,9-10H2,1-2H3,(H,22,23)(H,18,21,24). The van der Waals surface area contributed by atoms with Crippen LogP contribution in [0.4, 0.5) is 0 Å². The average Bonchev–Trinajstić information content (AvgIpc) is 2.55. The molecule has 0 fully saturated rings. The summed E-state index contributed by atoms with van der Waals surface area (Å²) in [5, 5.41) is 9.21. The molecule has 0 spiro atoms. The first-order valence-corrected chi connectivity index (χ1v) is 8.66. The molecule has 7 nitrogen and oxygen atoms in total. The minimum Gasteiger partial charge on any atom is -0.478 e. The molecule has 0 aliphatic carbocycles. The quantitative estimate of drug-likeness (QED) is 0.621. The highest BCUT2D eigenvalue weighted by molar-refractivity contribution is 7.97. The molecule has 1 heterocycles. The molecule has 2 rings (SSSR count). The zero-order valence-corrected chi connectivity index (χ0v) is 14.9. The molecule has 2 aromatic rings. The summed E-state index contributed by atoms with van der Waals surface area (Å²) in [6, 6.07) is 8.15. The lowest BCUT2D eigenvalue weighted by Crippen LogP contribution is -2.35. The summed E-state index contributed by atoms with van der Waals surface area (Å²) in [7, 11) is 0. The van der Waals surface area contributed by atoms with Crippen LogP contribution >= 0.6 is 11.9 Å². The van der Waals surface area contributed by atoms with E-state index in [1.54, 1.807) is 24.3 Å². The molecule has 0 saturated carbocycles. The van der Waals surface area contributed by atoms with E-state index in [0.717, 1.165) is 12.8 Å². The van der Waals surface area contributed by atoms with E-state index in [-0.39, 0.29) is 11.1 Å². The molecule has 8 heteroatoms. The number of carboxylic acids is 1. The van der Waals surface area contributed by atoms with E-state index in [9.17, 15) is 19.5 Å². The number of nitrogens with zero attached hydrogens (tertiary/aromatic N) is 1. The van der Waals surface area contributed by atoms with Crippen molar-refractivity contribution in [3.63, 3.8) is 0 Å². The second-order valence-electron chi connectivity index (χ2n) is 6.30. The number of aromatic amines is 1. The van der Waals surface area contributed by atoms with Gasteiger partial charge in [-0.3, -0.25) is 14.5 Å². The second-order valence-corrected chi connectivity index (χ2v) is 7.14. The maximum Gasteiger partial charge on any atom is 0.336 e. The van der Waals surface area contributed by atoms with Crippen LogP contribution in [0.25, 0.3) is 0 Å². The number of aryl methyl sites for hydroxylation is 1. The van der Waals surface area contributed by atoms with Gasteiger partial charge in [-0.05, 0) is 50.8 Å². The molecule has 25 heavy (non-hydrogen) atoms. The van der Waals surface area contributed by atoms with Crippen molar-refractivity contribution in [2.24, 2.45) is 0 Å². The predicted octanol–water partition coefficient (Wildman–Crippen LogP) is 2.09. The zero-order valence-electron chi connectivity index (χ0n) is 14.1. The molecule has 134 valence electrons. The molecular formula is C17H21N3O4S. The van der Waals surface area contributed by atoms with Crippen LogP contribution in [0, 0.1) is 0 Å². The van der Waals surface area contributed by atoms with Gasteiger partial charge < -0.3 is 9.67 Å². The molecule has 1 aromatic carbocycles. The van der Waals surface area contributed by atoms with Gasteiger partial charge in [-0.15, -0.1) is 0 Å². The van der Waals surface area contributed by atoms with Crippen LogP contribution in [0.15, 0.2) is 51.0 Å². The highest BCUT2D eigenvalue weighted by atomic mass is 32.2. The van der Waals surface area contributed by atoms with Gasteiger partial charge >= 0.3 is 11.7 Å². The SMILES string of the molecule is CC(C)(CCCn1ccc(=O)[nH]c1=O)NSc1ccccc1C(=O)O. The van der Waals surface area contributed by atoms with Crippen molar-refractivity contribution in [3.8, 4) is 0 Å². The summed E-state index contributed by atoms with van der Waals surface area (Å²) < 4.78 is 4.75. The molecule has 0 radical (unpaired) electrons. The Bertz CT molecular complexity index is 857. The summed E-state index contributed by atoms with van der Waals surface area (Å²) in [4.78, 5) is 36.8. The molecule has 3 N–H and O–H groups in total. The van der Waals surface area contributed by atoms with Gasteiger partial charge in [0.25, 0.3) is 5.56 Å². The van der Waals surface area contributed by atoms with Gasteiger partial charge in [0.1, 0.15) is 0 Å². The van der Waals surface area contributed by atoms with E-state index < -0.39 is 17.2 Å². The fourth-order valence-electron chi connectivity index (χ4n) is 2.29. The topological polar surface area (TPSA) is 104 Å². The van der Waals surface area contributed by atoms with E-state index in [4.69, 9.17) is 0 Å². The molecule has 0 bridgehead atoms. The first-order valence-electron chi connectivity index (χ1n) is 7.85. The molecule has 0 unspecified atom stereocenters. The van der Waals surface area contributed by atoms with Crippen molar-refractivity contribution in [2.45, 2.75) is 43.7 Å². The summed E-state index contributed by atoms with van der Waals surface area (Å²) in [6.07, 6.45) is 2.98. The van der Waals surface area contributed by atoms with Gasteiger partial charge in [0.15, 0.2) is 0 Å². The van der Waals surface area contributed by atoms with E-state index in [1.807, 2.05) is 13.8 Å². The Kier molecular flexibility index (Phi) is 6.22. The number of nitrogens with one attached hydrogen (secondary N) is 2. The summed E-state index contributed by atoms with van der Waals surface area (Å²) in [6.45, 7) is 4.52. The fourth-order valence-corrected chi connectivity index (χ4v) is 3.19. The van der Waals surface area contributed by atoms with Crippen molar-refractivity contribution in [1.82, 2.24) is 14.3 Å². The van der Waals surface area contributed by atoms with E-state index in [1.165, 1.54) is 28.8 Å². The van der Waals surface area contributed by atoms with Gasteiger partial charge in [-0.1, -0.05) is 12.1 Å². The van der Waals surface area contributed by atoms with Crippen LogP contribution in [0.3, 0.4) is 0 Å².